The predicted molar refractivity (Wildman–Crippen MR) is 129 cm³/mol. The summed E-state index contributed by atoms with van der Waals surface area (Å²) in [5, 5.41) is 28.2. The van der Waals surface area contributed by atoms with Gasteiger partial charge in [0, 0.05) is 28.8 Å². The minimum Gasteiger partial charge on any atom is -0.478 e. The van der Waals surface area contributed by atoms with Crippen molar-refractivity contribution in [2.75, 3.05) is 0 Å². The molecule has 2 aromatic heterocycles. The average Bonchev–Trinajstić information content (AvgIpc) is 3.46. The number of carboxylic acids is 2. The van der Waals surface area contributed by atoms with Crippen LogP contribution >= 0.6 is 23.4 Å². The summed E-state index contributed by atoms with van der Waals surface area (Å²) in [5.74, 6) is -0.719. The van der Waals surface area contributed by atoms with Crippen LogP contribution in [0.25, 0.3) is 28.8 Å². The number of nitrogens with zero attached hydrogens (tertiary/aromatic N) is 3. The van der Waals surface area contributed by atoms with E-state index in [0.29, 0.717) is 39.6 Å². The molecule has 8 nitrogen and oxygen atoms in total. The zero-order chi connectivity index (χ0) is 24.2. The van der Waals surface area contributed by atoms with Gasteiger partial charge >= 0.3 is 11.9 Å². The number of furan rings is 1. The van der Waals surface area contributed by atoms with Gasteiger partial charge in [0.2, 0.25) is 0 Å². The number of hydrogen-bond acceptors (Lipinski definition) is 6. The van der Waals surface area contributed by atoms with Gasteiger partial charge in [0.1, 0.15) is 16.4 Å². The predicted octanol–water partition coefficient (Wildman–Crippen LogP) is 5.79. The second kappa shape index (κ2) is 9.98. The first-order chi connectivity index (χ1) is 16.4. The van der Waals surface area contributed by atoms with Crippen molar-refractivity contribution < 1.29 is 24.2 Å². The van der Waals surface area contributed by atoms with Crippen LogP contribution < -0.4 is 0 Å². The number of aromatic carboxylic acids is 1. The topological polar surface area (TPSA) is 118 Å². The molecule has 2 aromatic carbocycles. The molecule has 2 heterocycles. The average molecular weight is 496 g/mol. The molecule has 0 bridgehead atoms. The van der Waals surface area contributed by atoms with Crippen molar-refractivity contribution >= 4 is 41.4 Å². The number of thioether (sulfide) groups is 1. The highest BCUT2D eigenvalue weighted by atomic mass is 35.5. The molecule has 0 amide bonds. The van der Waals surface area contributed by atoms with Crippen molar-refractivity contribution in [1.82, 2.24) is 14.8 Å². The second-order valence-electron chi connectivity index (χ2n) is 7.06. The Balaban J connectivity index is 1.60. The van der Waals surface area contributed by atoms with Gasteiger partial charge in [0.25, 0.3) is 0 Å². The number of rotatable bonds is 8. The van der Waals surface area contributed by atoms with Gasteiger partial charge < -0.3 is 19.2 Å². The zero-order valence-electron chi connectivity index (χ0n) is 17.8. The molecule has 0 saturated carbocycles. The first-order valence-corrected chi connectivity index (χ1v) is 11.3. The van der Waals surface area contributed by atoms with Crippen LogP contribution in [0.3, 0.4) is 0 Å². The molecule has 10 heteroatoms. The van der Waals surface area contributed by atoms with E-state index in [-0.39, 0.29) is 10.5 Å². The van der Waals surface area contributed by atoms with Gasteiger partial charge in [-0.1, -0.05) is 23.7 Å². The number of aliphatic carboxylic acids is 1. The van der Waals surface area contributed by atoms with Crippen LogP contribution in [0.5, 0.6) is 0 Å². The van der Waals surface area contributed by atoms with Crippen LogP contribution in [0.1, 0.15) is 23.0 Å². The third-order valence-corrected chi connectivity index (χ3v) is 6.11. The number of halogens is 1. The highest BCUT2D eigenvalue weighted by Gasteiger charge is 2.19. The summed E-state index contributed by atoms with van der Waals surface area (Å²) in [7, 11) is 0. The van der Waals surface area contributed by atoms with Gasteiger partial charge in [-0.05, 0) is 67.2 Å². The highest BCUT2D eigenvalue weighted by molar-refractivity contribution is 8.04. The lowest BCUT2D eigenvalue weighted by molar-refractivity contribution is -0.131. The van der Waals surface area contributed by atoms with Gasteiger partial charge in [0.15, 0.2) is 11.0 Å². The number of aromatic nitrogens is 3. The normalized spacial score (nSPS) is 11.5. The molecular formula is C24H18ClN3O5S. The molecule has 2 N–H and O–H groups in total. The molecule has 0 spiro atoms. The van der Waals surface area contributed by atoms with E-state index in [1.807, 2.05) is 23.6 Å². The molecule has 0 fully saturated rings. The second-order valence-corrected chi connectivity index (χ2v) is 8.50. The quantitative estimate of drug-likeness (QED) is 0.233. The van der Waals surface area contributed by atoms with E-state index in [9.17, 15) is 14.7 Å². The molecule has 0 atom stereocenters. The van der Waals surface area contributed by atoms with E-state index in [1.54, 1.807) is 36.4 Å². The largest absolute Gasteiger partial charge is 0.478 e. The summed E-state index contributed by atoms with van der Waals surface area (Å²) >= 11 is 6.94. The Kier molecular flexibility index (Phi) is 6.85. The molecule has 4 rings (SSSR count). The third kappa shape index (κ3) is 5.05. The lowest BCUT2D eigenvalue weighted by Crippen LogP contribution is -2.02. The van der Waals surface area contributed by atoms with Crippen LogP contribution in [0.2, 0.25) is 5.02 Å². The van der Waals surface area contributed by atoms with Crippen molar-refractivity contribution in [3.05, 3.63) is 81.9 Å². The van der Waals surface area contributed by atoms with Crippen molar-refractivity contribution in [3.8, 4) is 22.7 Å². The lowest BCUT2D eigenvalue weighted by atomic mass is 10.1. The number of hydrogen-bond donors (Lipinski definition) is 2. The minimum absolute atomic E-state index is 0.00637. The molecule has 0 aliphatic rings. The fourth-order valence-electron chi connectivity index (χ4n) is 3.19. The molecular weight excluding hydrogens is 478 g/mol. The van der Waals surface area contributed by atoms with Gasteiger partial charge in [-0.25, -0.2) is 9.59 Å². The van der Waals surface area contributed by atoms with E-state index >= 15 is 0 Å². The van der Waals surface area contributed by atoms with Crippen LogP contribution in [-0.4, -0.2) is 36.9 Å². The fourth-order valence-corrected chi connectivity index (χ4v) is 4.18. The molecule has 0 radical (unpaired) electrons. The summed E-state index contributed by atoms with van der Waals surface area (Å²) in [6.45, 7) is 2.46. The molecule has 0 aliphatic carbocycles. The minimum atomic E-state index is -1.13. The monoisotopic (exact) mass is 495 g/mol. The molecule has 4 aromatic rings. The van der Waals surface area contributed by atoms with E-state index in [4.69, 9.17) is 21.1 Å². The number of carboxylic acid groups (broad SMARTS) is 2. The maximum atomic E-state index is 11.9. The molecule has 34 heavy (non-hydrogen) atoms. The summed E-state index contributed by atoms with van der Waals surface area (Å²) in [5.41, 5.74) is 1.65. The Bertz CT molecular complexity index is 1370. The SMILES string of the molecule is CCn1c(S/C(=C\c2ccc(-c3ccc(C(=O)O)cc3)o2)C(=O)O)nnc1-c1ccc(Cl)cc1. The van der Waals surface area contributed by atoms with Gasteiger partial charge in [-0.15, -0.1) is 10.2 Å². The summed E-state index contributed by atoms with van der Waals surface area (Å²) in [6, 6.07) is 16.7. The molecule has 0 saturated heterocycles. The zero-order valence-corrected chi connectivity index (χ0v) is 19.4. The first-order valence-electron chi connectivity index (χ1n) is 10.1. The van der Waals surface area contributed by atoms with E-state index in [1.165, 1.54) is 18.2 Å². The Morgan fingerprint density at radius 1 is 1.00 bits per heavy atom. The Hall–Kier alpha value is -3.82. The van der Waals surface area contributed by atoms with Crippen LogP contribution in [-0.2, 0) is 11.3 Å². The van der Waals surface area contributed by atoms with Crippen molar-refractivity contribution in [1.29, 1.82) is 0 Å². The third-order valence-electron chi connectivity index (χ3n) is 4.86. The fraction of sp³-hybridized carbons (Fsp3) is 0.0833. The first kappa shape index (κ1) is 23.3. The van der Waals surface area contributed by atoms with E-state index in [0.717, 1.165) is 17.3 Å². The Labute approximate surface area is 203 Å². The Morgan fingerprint density at radius 2 is 1.68 bits per heavy atom. The van der Waals surface area contributed by atoms with Gasteiger partial charge in [-0.3, -0.25) is 0 Å². The summed E-state index contributed by atoms with van der Waals surface area (Å²) < 4.78 is 7.60. The van der Waals surface area contributed by atoms with Gasteiger partial charge in [-0.2, -0.15) is 0 Å². The van der Waals surface area contributed by atoms with Crippen LogP contribution in [0, 0.1) is 0 Å². The van der Waals surface area contributed by atoms with E-state index < -0.39 is 11.9 Å². The van der Waals surface area contributed by atoms with Crippen molar-refractivity contribution in [2.24, 2.45) is 0 Å². The van der Waals surface area contributed by atoms with Crippen molar-refractivity contribution in [3.63, 3.8) is 0 Å². The number of carbonyl (C=O) groups is 2. The Morgan fingerprint density at radius 3 is 2.29 bits per heavy atom. The lowest BCUT2D eigenvalue weighted by Gasteiger charge is -2.07. The van der Waals surface area contributed by atoms with Crippen molar-refractivity contribution in [2.45, 2.75) is 18.6 Å². The highest BCUT2D eigenvalue weighted by Crippen LogP contribution is 2.32. The van der Waals surface area contributed by atoms with Gasteiger partial charge in [0.05, 0.1) is 5.56 Å². The standard InChI is InChI=1S/C24H18ClN3O5S/c1-2-28-21(15-7-9-17(25)10-8-15)26-27-24(28)34-20(23(31)32)13-18-11-12-19(33-18)14-3-5-16(6-4-14)22(29)30/h3-13H,2H2,1H3,(H,29,30)(H,31,32)/b20-13-. The van der Waals surface area contributed by atoms with Crippen LogP contribution in [0.15, 0.2) is 75.1 Å². The summed E-state index contributed by atoms with van der Waals surface area (Å²) in [6.07, 6.45) is 1.42. The smallest absolute Gasteiger partial charge is 0.342 e. The number of benzene rings is 2. The molecule has 172 valence electrons. The molecule has 0 aliphatic heterocycles. The van der Waals surface area contributed by atoms with Crippen LogP contribution in [0.4, 0.5) is 0 Å². The maximum absolute atomic E-state index is 11.9. The maximum Gasteiger partial charge on any atom is 0.342 e. The molecule has 0 unspecified atom stereocenters. The van der Waals surface area contributed by atoms with E-state index in [2.05, 4.69) is 10.2 Å². The summed E-state index contributed by atoms with van der Waals surface area (Å²) in [4.78, 5) is 23.0.